The third-order valence-corrected chi connectivity index (χ3v) is 2.77. The van der Waals surface area contributed by atoms with Crippen molar-refractivity contribution in [2.75, 3.05) is 6.54 Å². The first-order valence-corrected chi connectivity index (χ1v) is 5.47. The number of alkyl halides is 3. The summed E-state index contributed by atoms with van der Waals surface area (Å²) in [6.45, 7) is 0.567. The predicted octanol–water partition coefficient (Wildman–Crippen LogP) is 2.22. The van der Waals surface area contributed by atoms with E-state index in [1.807, 2.05) is 0 Å². The van der Waals surface area contributed by atoms with E-state index < -0.39 is 12.6 Å². The van der Waals surface area contributed by atoms with Crippen LogP contribution < -0.4 is 5.32 Å². The molecule has 0 radical (unpaired) electrons. The molecule has 1 saturated carbocycles. The van der Waals surface area contributed by atoms with E-state index in [4.69, 9.17) is 0 Å². The Morgan fingerprint density at radius 1 is 1.20 bits per heavy atom. The van der Waals surface area contributed by atoms with Crippen LogP contribution in [-0.2, 0) is 0 Å². The molecule has 5 heteroatoms. The van der Waals surface area contributed by atoms with E-state index in [-0.39, 0.29) is 18.6 Å². The molecule has 0 amide bonds. The van der Waals surface area contributed by atoms with Gasteiger partial charge in [0.05, 0.1) is 6.10 Å². The molecule has 2 nitrogen and oxygen atoms in total. The van der Waals surface area contributed by atoms with Crippen molar-refractivity contribution in [3.05, 3.63) is 0 Å². The molecule has 0 aromatic heterocycles. The minimum absolute atomic E-state index is 0.0934. The smallest absolute Gasteiger partial charge is 0.389 e. The first-order chi connectivity index (χ1) is 6.99. The quantitative estimate of drug-likeness (QED) is 0.703. The zero-order valence-corrected chi connectivity index (χ0v) is 8.69. The number of rotatable bonds is 5. The Morgan fingerprint density at radius 3 is 2.47 bits per heavy atom. The van der Waals surface area contributed by atoms with Crippen LogP contribution >= 0.6 is 0 Å². The van der Waals surface area contributed by atoms with Crippen molar-refractivity contribution >= 4 is 0 Å². The molecule has 0 spiro atoms. The number of hydrogen-bond acceptors (Lipinski definition) is 2. The zero-order valence-electron chi connectivity index (χ0n) is 8.69. The molecule has 1 aliphatic carbocycles. The molecule has 15 heavy (non-hydrogen) atoms. The summed E-state index contributed by atoms with van der Waals surface area (Å²) >= 11 is 0. The number of aliphatic hydroxyl groups excluding tert-OH is 1. The third-order valence-electron chi connectivity index (χ3n) is 2.77. The molecular weight excluding hydrogens is 207 g/mol. The lowest BCUT2D eigenvalue weighted by molar-refractivity contribution is -0.135. The van der Waals surface area contributed by atoms with Gasteiger partial charge in [-0.1, -0.05) is 0 Å². The van der Waals surface area contributed by atoms with Crippen molar-refractivity contribution in [1.82, 2.24) is 5.32 Å². The minimum atomic E-state index is -4.03. The Kier molecular flexibility index (Phi) is 4.86. The van der Waals surface area contributed by atoms with Gasteiger partial charge in [-0.05, 0) is 38.6 Å². The van der Waals surface area contributed by atoms with Crippen molar-refractivity contribution < 1.29 is 18.3 Å². The SMILES string of the molecule is O[C@H]1CCC[C@@H]1NCCCCC(F)(F)F. The van der Waals surface area contributed by atoms with Gasteiger partial charge >= 0.3 is 6.18 Å². The second-order valence-electron chi connectivity index (χ2n) is 4.13. The summed E-state index contributed by atoms with van der Waals surface area (Å²) in [5.74, 6) is 0. The summed E-state index contributed by atoms with van der Waals surface area (Å²) in [6, 6.07) is 0.0934. The molecule has 1 rings (SSSR count). The summed E-state index contributed by atoms with van der Waals surface area (Å²) in [5.41, 5.74) is 0. The molecule has 2 atom stereocenters. The first-order valence-electron chi connectivity index (χ1n) is 5.47. The van der Waals surface area contributed by atoms with E-state index in [9.17, 15) is 18.3 Å². The van der Waals surface area contributed by atoms with Crippen molar-refractivity contribution in [3.8, 4) is 0 Å². The molecule has 0 aromatic rings. The maximum absolute atomic E-state index is 11.8. The lowest BCUT2D eigenvalue weighted by atomic mass is 10.2. The lowest BCUT2D eigenvalue weighted by Crippen LogP contribution is -2.36. The third kappa shape index (κ3) is 5.37. The van der Waals surface area contributed by atoms with Crippen LogP contribution in [0.25, 0.3) is 0 Å². The van der Waals surface area contributed by atoms with Gasteiger partial charge in [-0.3, -0.25) is 0 Å². The van der Waals surface area contributed by atoms with Crippen molar-refractivity contribution in [2.45, 2.75) is 56.8 Å². The van der Waals surface area contributed by atoms with E-state index in [1.54, 1.807) is 0 Å². The van der Waals surface area contributed by atoms with E-state index in [0.29, 0.717) is 13.0 Å². The number of hydrogen-bond donors (Lipinski definition) is 2. The van der Waals surface area contributed by atoms with Crippen molar-refractivity contribution in [2.24, 2.45) is 0 Å². The van der Waals surface area contributed by atoms with E-state index in [1.165, 1.54) is 0 Å². The molecule has 2 N–H and O–H groups in total. The molecule has 0 aromatic carbocycles. The lowest BCUT2D eigenvalue weighted by Gasteiger charge is -2.16. The maximum atomic E-state index is 11.8. The Hall–Kier alpha value is -0.290. The van der Waals surface area contributed by atoms with Crippen LogP contribution in [0.5, 0.6) is 0 Å². The van der Waals surface area contributed by atoms with E-state index in [2.05, 4.69) is 5.32 Å². The van der Waals surface area contributed by atoms with Gasteiger partial charge in [0, 0.05) is 12.5 Å². The summed E-state index contributed by atoms with van der Waals surface area (Å²) in [4.78, 5) is 0. The van der Waals surface area contributed by atoms with Crippen LogP contribution in [0, 0.1) is 0 Å². The molecule has 0 unspecified atom stereocenters. The average Bonchev–Trinajstić information content (AvgIpc) is 2.49. The van der Waals surface area contributed by atoms with Crippen molar-refractivity contribution in [1.29, 1.82) is 0 Å². The van der Waals surface area contributed by atoms with Gasteiger partial charge < -0.3 is 10.4 Å². The first kappa shape index (κ1) is 12.8. The largest absolute Gasteiger partial charge is 0.392 e. The fraction of sp³-hybridized carbons (Fsp3) is 1.00. The van der Waals surface area contributed by atoms with Crippen LogP contribution in [0.1, 0.15) is 38.5 Å². The number of halogens is 3. The molecule has 1 aliphatic rings. The van der Waals surface area contributed by atoms with Gasteiger partial charge in [0.25, 0.3) is 0 Å². The molecule has 0 bridgehead atoms. The van der Waals surface area contributed by atoms with E-state index >= 15 is 0 Å². The number of aliphatic hydroxyl groups is 1. The van der Waals surface area contributed by atoms with Gasteiger partial charge in [-0.2, -0.15) is 13.2 Å². The maximum Gasteiger partial charge on any atom is 0.389 e. The summed E-state index contributed by atoms with van der Waals surface area (Å²) in [5, 5.41) is 12.5. The second kappa shape index (κ2) is 5.70. The van der Waals surface area contributed by atoms with Crippen LogP contribution in [0.4, 0.5) is 13.2 Å². The van der Waals surface area contributed by atoms with Gasteiger partial charge in [-0.25, -0.2) is 0 Å². The molecule has 0 saturated heterocycles. The highest BCUT2D eigenvalue weighted by Crippen LogP contribution is 2.22. The summed E-state index contributed by atoms with van der Waals surface area (Å²) < 4.78 is 35.4. The normalized spacial score (nSPS) is 27.2. The van der Waals surface area contributed by atoms with Gasteiger partial charge in [0.15, 0.2) is 0 Å². The highest BCUT2D eigenvalue weighted by Gasteiger charge is 2.26. The number of nitrogens with one attached hydrogen (secondary N) is 1. The molecule has 90 valence electrons. The van der Waals surface area contributed by atoms with Crippen molar-refractivity contribution in [3.63, 3.8) is 0 Å². The average molecular weight is 225 g/mol. The molecule has 0 heterocycles. The minimum Gasteiger partial charge on any atom is -0.392 e. The predicted molar refractivity (Wildman–Crippen MR) is 51.6 cm³/mol. The summed E-state index contributed by atoms with van der Waals surface area (Å²) in [7, 11) is 0. The fourth-order valence-corrected chi connectivity index (χ4v) is 1.92. The molecule has 0 aliphatic heterocycles. The standard InChI is InChI=1S/C10H18F3NO/c11-10(12,13)6-1-2-7-14-8-4-3-5-9(8)15/h8-9,14-15H,1-7H2/t8-,9-/m0/s1. The topological polar surface area (TPSA) is 32.3 Å². The van der Waals surface area contributed by atoms with Gasteiger partial charge in [0.2, 0.25) is 0 Å². The van der Waals surface area contributed by atoms with E-state index in [0.717, 1.165) is 19.3 Å². The number of unbranched alkanes of at least 4 members (excludes halogenated alkanes) is 1. The van der Waals surface area contributed by atoms with Crippen LogP contribution in [-0.4, -0.2) is 30.0 Å². The Morgan fingerprint density at radius 2 is 1.93 bits per heavy atom. The Balaban J connectivity index is 1.97. The summed E-state index contributed by atoms with van der Waals surface area (Å²) in [6.07, 6.45) is -1.63. The Bertz CT molecular complexity index is 184. The van der Waals surface area contributed by atoms with Crippen LogP contribution in [0.15, 0.2) is 0 Å². The van der Waals surface area contributed by atoms with Crippen LogP contribution in [0.3, 0.4) is 0 Å². The second-order valence-corrected chi connectivity index (χ2v) is 4.13. The highest BCUT2D eigenvalue weighted by atomic mass is 19.4. The molecular formula is C10H18F3NO. The fourth-order valence-electron chi connectivity index (χ4n) is 1.92. The zero-order chi connectivity index (χ0) is 11.3. The Labute approximate surface area is 87.9 Å². The van der Waals surface area contributed by atoms with Crippen LogP contribution in [0.2, 0.25) is 0 Å². The van der Waals surface area contributed by atoms with Gasteiger partial charge in [-0.15, -0.1) is 0 Å². The van der Waals surface area contributed by atoms with Gasteiger partial charge in [0.1, 0.15) is 0 Å². The monoisotopic (exact) mass is 225 g/mol. The molecule has 1 fully saturated rings. The highest BCUT2D eigenvalue weighted by molar-refractivity contribution is 4.82.